The Labute approximate surface area is 130 Å². The molecule has 1 aromatic heterocycles. The summed E-state index contributed by atoms with van der Waals surface area (Å²) in [5, 5.41) is 26.2. The molecule has 4 aromatic rings. The van der Waals surface area contributed by atoms with Crippen LogP contribution in [0.1, 0.15) is 0 Å². The van der Waals surface area contributed by atoms with E-state index in [9.17, 15) is 10.2 Å². The van der Waals surface area contributed by atoms with Crippen molar-refractivity contribution in [1.82, 2.24) is 0 Å². The van der Waals surface area contributed by atoms with E-state index in [4.69, 9.17) is 4.74 Å². The number of aromatic hydroxyl groups is 2. The zero-order chi connectivity index (χ0) is 15.1. The molecule has 0 unspecified atom stereocenters. The van der Waals surface area contributed by atoms with Crippen LogP contribution in [0.3, 0.4) is 0 Å². The van der Waals surface area contributed by atoms with Gasteiger partial charge < -0.3 is 14.9 Å². The van der Waals surface area contributed by atoms with Gasteiger partial charge in [-0.1, -0.05) is 36.4 Å². The highest BCUT2D eigenvalue weighted by Crippen LogP contribution is 2.46. The Kier molecular flexibility index (Phi) is 2.91. The molecule has 0 saturated heterocycles. The lowest BCUT2D eigenvalue weighted by molar-refractivity contribution is 0.470. The van der Waals surface area contributed by atoms with Gasteiger partial charge in [0.05, 0.1) is 5.39 Å². The van der Waals surface area contributed by atoms with Crippen LogP contribution in [0.15, 0.2) is 60.0 Å². The third-order valence-electron chi connectivity index (χ3n) is 3.66. The largest absolute Gasteiger partial charge is 0.507 e. The lowest BCUT2D eigenvalue weighted by atomic mass is 10.00. The van der Waals surface area contributed by atoms with E-state index in [-0.39, 0.29) is 11.5 Å². The van der Waals surface area contributed by atoms with Crippen molar-refractivity contribution >= 4 is 32.9 Å². The molecular formula is C18H12O3S. The molecule has 0 amide bonds. The van der Waals surface area contributed by atoms with Crippen LogP contribution in [-0.4, -0.2) is 10.2 Å². The second-order valence-electron chi connectivity index (χ2n) is 4.96. The first-order valence-corrected chi connectivity index (χ1v) is 7.70. The van der Waals surface area contributed by atoms with Gasteiger partial charge >= 0.3 is 0 Å². The zero-order valence-corrected chi connectivity index (χ0v) is 12.3. The Morgan fingerprint density at radius 3 is 2.18 bits per heavy atom. The van der Waals surface area contributed by atoms with Crippen molar-refractivity contribution < 1.29 is 14.9 Å². The highest BCUT2D eigenvalue weighted by molar-refractivity contribution is 7.11. The molecule has 2 N–H and O–H groups in total. The molecule has 0 aliphatic carbocycles. The monoisotopic (exact) mass is 308 g/mol. The van der Waals surface area contributed by atoms with E-state index in [2.05, 4.69) is 0 Å². The third-order valence-corrected chi connectivity index (χ3v) is 4.41. The van der Waals surface area contributed by atoms with Crippen molar-refractivity contribution in [3.8, 4) is 22.3 Å². The Balaban J connectivity index is 2.07. The number of thiophene rings is 1. The summed E-state index contributed by atoms with van der Waals surface area (Å²) in [6.07, 6.45) is 0. The molecule has 3 aromatic carbocycles. The van der Waals surface area contributed by atoms with E-state index in [1.807, 2.05) is 29.6 Å². The van der Waals surface area contributed by atoms with Crippen LogP contribution in [0.2, 0.25) is 0 Å². The summed E-state index contributed by atoms with van der Waals surface area (Å²) in [7, 11) is 0. The van der Waals surface area contributed by atoms with Crippen LogP contribution in [0, 0.1) is 0 Å². The molecule has 0 bridgehead atoms. The summed E-state index contributed by atoms with van der Waals surface area (Å²) >= 11 is 1.47. The molecule has 0 radical (unpaired) electrons. The van der Waals surface area contributed by atoms with Crippen molar-refractivity contribution in [3.63, 3.8) is 0 Å². The average Bonchev–Trinajstić information content (AvgIpc) is 3.05. The highest BCUT2D eigenvalue weighted by Gasteiger charge is 2.16. The lowest BCUT2D eigenvalue weighted by Crippen LogP contribution is -1.86. The number of ether oxygens (including phenoxy) is 1. The predicted molar refractivity (Wildman–Crippen MR) is 89.2 cm³/mol. The number of fused-ring (bicyclic) bond motifs is 2. The van der Waals surface area contributed by atoms with Crippen LogP contribution in [0.25, 0.3) is 21.5 Å². The normalized spacial score (nSPS) is 11.1. The van der Waals surface area contributed by atoms with Crippen molar-refractivity contribution in [3.05, 3.63) is 60.0 Å². The Hall–Kier alpha value is -2.72. The van der Waals surface area contributed by atoms with E-state index < -0.39 is 0 Å². The van der Waals surface area contributed by atoms with E-state index in [0.717, 1.165) is 5.06 Å². The summed E-state index contributed by atoms with van der Waals surface area (Å²) in [6, 6.07) is 16.4. The molecule has 0 spiro atoms. The summed E-state index contributed by atoms with van der Waals surface area (Å²) < 4.78 is 5.86. The molecule has 0 atom stereocenters. The molecule has 1 heterocycles. The molecule has 0 aliphatic rings. The average molecular weight is 308 g/mol. The van der Waals surface area contributed by atoms with Crippen molar-refractivity contribution in [2.24, 2.45) is 0 Å². The number of hydrogen-bond acceptors (Lipinski definition) is 4. The minimum absolute atomic E-state index is 0.121. The SMILES string of the molecule is Oc1c2ccccc2c(O)c2c(Oc3cccs3)cccc12. The van der Waals surface area contributed by atoms with Crippen molar-refractivity contribution in [2.45, 2.75) is 0 Å². The summed E-state index contributed by atoms with van der Waals surface area (Å²) in [5.41, 5.74) is 0. The maximum atomic E-state index is 10.7. The molecule has 0 aliphatic heterocycles. The summed E-state index contributed by atoms with van der Waals surface area (Å²) in [6.45, 7) is 0. The van der Waals surface area contributed by atoms with E-state index in [1.165, 1.54) is 11.3 Å². The van der Waals surface area contributed by atoms with Crippen molar-refractivity contribution in [2.75, 3.05) is 0 Å². The molecule has 3 nitrogen and oxygen atoms in total. The second-order valence-corrected chi connectivity index (χ2v) is 5.87. The van der Waals surface area contributed by atoms with Crippen LogP contribution < -0.4 is 4.74 Å². The van der Waals surface area contributed by atoms with Gasteiger partial charge in [0.15, 0.2) is 5.06 Å². The van der Waals surface area contributed by atoms with Crippen LogP contribution in [0.4, 0.5) is 0 Å². The van der Waals surface area contributed by atoms with E-state index >= 15 is 0 Å². The first-order valence-electron chi connectivity index (χ1n) is 6.82. The highest BCUT2D eigenvalue weighted by atomic mass is 32.1. The van der Waals surface area contributed by atoms with Gasteiger partial charge in [-0.25, -0.2) is 0 Å². The number of hydrogen-bond donors (Lipinski definition) is 2. The summed E-state index contributed by atoms with van der Waals surface area (Å²) in [5.74, 6) is 0.800. The second kappa shape index (κ2) is 4.93. The zero-order valence-electron chi connectivity index (χ0n) is 11.5. The van der Waals surface area contributed by atoms with Gasteiger partial charge in [0.25, 0.3) is 0 Å². The smallest absolute Gasteiger partial charge is 0.180 e. The maximum Gasteiger partial charge on any atom is 0.180 e. The first kappa shape index (κ1) is 13.0. The Morgan fingerprint density at radius 1 is 0.727 bits per heavy atom. The van der Waals surface area contributed by atoms with E-state index in [1.54, 1.807) is 30.3 Å². The van der Waals surface area contributed by atoms with Gasteiger partial charge in [0, 0.05) is 16.2 Å². The van der Waals surface area contributed by atoms with E-state index in [0.29, 0.717) is 27.3 Å². The third kappa shape index (κ3) is 1.89. The lowest BCUT2D eigenvalue weighted by Gasteiger charge is -2.13. The van der Waals surface area contributed by atoms with Gasteiger partial charge in [-0.2, -0.15) is 0 Å². The quantitative estimate of drug-likeness (QED) is 0.392. The topological polar surface area (TPSA) is 49.7 Å². The number of benzene rings is 3. The van der Waals surface area contributed by atoms with Crippen molar-refractivity contribution in [1.29, 1.82) is 0 Å². The standard InChI is InChI=1S/C18H12O3S/c19-17-11-5-1-2-6-12(11)18(20)16-13(17)7-3-8-14(16)21-15-9-4-10-22-15/h1-10,19-20H. The minimum Gasteiger partial charge on any atom is -0.507 e. The molecule has 108 valence electrons. The Bertz CT molecular complexity index is 975. The van der Waals surface area contributed by atoms with Crippen LogP contribution >= 0.6 is 11.3 Å². The van der Waals surface area contributed by atoms with Gasteiger partial charge in [0.1, 0.15) is 17.2 Å². The fourth-order valence-electron chi connectivity index (χ4n) is 2.66. The van der Waals surface area contributed by atoms with Gasteiger partial charge in [-0.15, -0.1) is 11.3 Å². The van der Waals surface area contributed by atoms with Crippen LogP contribution in [-0.2, 0) is 0 Å². The molecule has 0 fully saturated rings. The number of phenols is 2. The molecule has 4 rings (SSSR count). The Morgan fingerprint density at radius 2 is 1.45 bits per heavy atom. The maximum absolute atomic E-state index is 10.7. The first-order chi connectivity index (χ1) is 10.8. The molecular weight excluding hydrogens is 296 g/mol. The van der Waals surface area contributed by atoms with Gasteiger partial charge in [-0.05, 0) is 23.6 Å². The van der Waals surface area contributed by atoms with Gasteiger partial charge in [-0.3, -0.25) is 0 Å². The number of phenolic OH excluding ortho intramolecular Hbond substituents is 2. The van der Waals surface area contributed by atoms with Gasteiger partial charge in [0.2, 0.25) is 0 Å². The molecule has 4 heteroatoms. The number of rotatable bonds is 2. The fraction of sp³-hybridized carbons (Fsp3) is 0. The predicted octanol–water partition coefficient (Wildman–Crippen LogP) is 5.26. The summed E-state index contributed by atoms with van der Waals surface area (Å²) in [4.78, 5) is 0. The fourth-order valence-corrected chi connectivity index (χ4v) is 3.25. The molecule has 22 heavy (non-hydrogen) atoms. The molecule has 0 saturated carbocycles. The minimum atomic E-state index is 0.121. The van der Waals surface area contributed by atoms with Crippen LogP contribution in [0.5, 0.6) is 22.3 Å².